The van der Waals surface area contributed by atoms with E-state index in [1.807, 2.05) is 0 Å². The number of benzene rings is 2. The number of hydrogen-bond acceptors (Lipinski definition) is 2. The van der Waals surface area contributed by atoms with Gasteiger partial charge in [-0.2, -0.15) is 13.2 Å². The molecule has 8 heteroatoms. The summed E-state index contributed by atoms with van der Waals surface area (Å²) >= 11 is 0. The minimum atomic E-state index is -4.54. The Bertz CT molecular complexity index is 829. The summed E-state index contributed by atoms with van der Waals surface area (Å²) in [6.07, 6.45) is -4.54. The van der Waals surface area contributed by atoms with Crippen molar-refractivity contribution in [2.75, 3.05) is 0 Å². The summed E-state index contributed by atoms with van der Waals surface area (Å²) < 4.78 is 39.1. The van der Waals surface area contributed by atoms with Crippen LogP contribution in [0.25, 0.3) is 5.70 Å². The van der Waals surface area contributed by atoms with Crippen LogP contribution in [0.2, 0.25) is 0 Å². The van der Waals surface area contributed by atoms with Crippen molar-refractivity contribution in [3.8, 4) is 0 Å². The van der Waals surface area contributed by atoms with E-state index >= 15 is 0 Å². The fourth-order valence-electron chi connectivity index (χ4n) is 2.08. The Morgan fingerprint density at radius 2 is 1.83 bits per heavy atom. The molecule has 2 aromatic carbocycles. The van der Waals surface area contributed by atoms with Gasteiger partial charge in [0.1, 0.15) is 5.70 Å². The monoisotopic (exact) mass is 336 g/mol. The van der Waals surface area contributed by atoms with Crippen LogP contribution in [0.4, 0.5) is 18.9 Å². The lowest BCUT2D eigenvalue weighted by molar-refractivity contribution is -0.385. The lowest BCUT2D eigenvalue weighted by atomic mass is 10.0. The minimum Gasteiger partial charge on any atom is -0.287 e. The van der Waals surface area contributed by atoms with Gasteiger partial charge in [0.25, 0.3) is 11.5 Å². The number of nitro groups is 1. The van der Waals surface area contributed by atoms with Crippen LogP contribution in [-0.4, -0.2) is 10.8 Å². The maximum Gasteiger partial charge on any atom is 0.417 e. The van der Waals surface area contributed by atoms with Gasteiger partial charge in [-0.25, -0.2) is 4.99 Å². The van der Waals surface area contributed by atoms with Gasteiger partial charge in [0.05, 0.1) is 16.1 Å². The van der Waals surface area contributed by atoms with Crippen molar-refractivity contribution >= 4 is 17.2 Å². The number of nitrogens with two attached hydrogens (primary N) is 1. The molecule has 0 saturated carbocycles. The molecular weight excluding hydrogens is 323 g/mol. The lowest BCUT2D eigenvalue weighted by Gasteiger charge is -2.11. The predicted octanol–water partition coefficient (Wildman–Crippen LogP) is 2.07. The van der Waals surface area contributed by atoms with E-state index in [0.29, 0.717) is 0 Å². The Kier molecular flexibility index (Phi) is 4.68. The summed E-state index contributed by atoms with van der Waals surface area (Å²) in [5.41, 5.74) is 4.82. The molecule has 2 aromatic rings. The summed E-state index contributed by atoms with van der Waals surface area (Å²) in [6, 6.07) is 10.3. The molecule has 2 rings (SSSR count). The Balaban J connectivity index is 2.40. The quantitative estimate of drug-likeness (QED) is 0.388. The number of rotatable bonds is 4. The Labute approximate surface area is 135 Å². The first-order valence-corrected chi connectivity index (χ1v) is 6.70. The average molecular weight is 336 g/mol. The highest BCUT2D eigenvalue weighted by molar-refractivity contribution is 5.94. The van der Waals surface area contributed by atoms with Crippen molar-refractivity contribution in [3.63, 3.8) is 0 Å². The minimum absolute atomic E-state index is 0.0410. The van der Waals surface area contributed by atoms with Gasteiger partial charge in [0.15, 0.2) is 0 Å². The maximum atomic E-state index is 13.0. The Hall–Kier alpha value is -3.16. The number of nitrogens with zero attached hydrogens (tertiary/aromatic N) is 1. The first kappa shape index (κ1) is 17.2. The summed E-state index contributed by atoms with van der Waals surface area (Å²) in [5, 5.41) is 10.8. The fourth-order valence-corrected chi connectivity index (χ4v) is 2.08. The number of hydrogen-bond donors (Lipinski definition) is 2. The molecule has 0 heterocycles. The number of non-ortho nitro benzene ring substituents is 1. The van der Waals surface area contributed by atoms with Crippen LogP contribution >= 0.6 is 0 Å². The first-order chi connectivity index (χ1) is 11.2. The summed E-state index contributed by atoms with van der Waals surface area (Å²) in [5.74, 6) is -0.0410. The molecule has 0 fully saturated rings. The van der Waals surface area contributed by atoms with Crippen molar-refractivity contribution in [3.05, 3.63) is 81.9 Å². The highest BCUT2D eigenvalue weighted by Crippen LogP contribution is 2.33. The van der Waals surface area contributed by atoms with Crippen molar-refractivity contribution in [2.24, 2.45) is 5.73 Å². The number of halogens is 3. The second-order valence-electron chi connectivity index (χ2n) is 4.87. The van der Waals surface area contributed by atoms with Gasteiger partial charge < -0.3 is 0 Å². The number of amidine groups is 1. The molecule has 5 nitrogen and oxygen atoms in total. The molecule has 0 aliphatic rings. The largest absolute Gasteiger partial charge is 0.417 e. The molecule has 3 N–H and O–H groups in total. The van der Waals surface area contributed by atoms with Gasteiger partial charge in [-0.1, -0.05) is 30.8 Å². The molecule has 0 unspecified atom stereocenters. The SMILES string of the molecule is C=C([NH+]=C(N)c1cccc([N+](=O)[O-])c1)c1ccccc1C(F)(F)F. The molecule has 0 aliphatic carbocycles. The van der Waals surface area contributed by atoms with Gasteiger partial charge in [0, 0.05) is 17.7 Å². The average Bonchev–Trinajstić information content (AvgIpc) is 2.54. The van der Waals surface area contributed by atoms with Crippen LogP contribution < -0.4 is 10.7 Å². The number of nitro benzene ring substituents is 1. The van der Waals surface area contributed by atoms with Crippen LogP contribution in [0.15, 0.2) is 55.1 Å². The molecule has 24 heavy (non-hydrogen) atoms. The molecule has 0 spiro atoms. The standard InChI is InChI=1S/C16H12F3N3O2/c1-10(13-7-2-3-8-14(13)16(17,18)19)21-15(20)11-5-4-6-12(9-11)22(23)24/h2-9H,1H2,(H2,20,21)/p+1. The number of nitrogen functional groups attached to an aromatic ring is 1. The van der Waals surface area contributed by atoms with Crippen molar-refractivity contribution in [1.29, 1.82) is 0 Å². The molecule has 0 aliphatic heterocycles. The highest BCUT2D eigenvalue weighted by Gasteiger charge is 2.34. The van der Waals surface area contributed by atoms with Crippen molar-refractivity contribution in [2.45, 2.75) is 6.18 Å². The van der Waals surface area contributed by atoms with Crippen molar-refractivity contribution < 1.29 is 23.1 Å². The molecule has 0 aromatic heterocycles. The number of nitrogens with one attached hydrogen (secondary N) is 1. The van der Waals surface area contributed by atoms with Crippen LogP contribution in [0.3, 0.4) is 0 Å². The second kappa shape index (κ2) is 6.53. The smallest absolute Gasteiger partial charge is 0.287 e. The van der Waals surface area contributed by atoms with Gasteiger partial charge in [0.2, 0.25) is 0 Å². The Morgan fingerprint density at radius 1 is 1.17 bits per heavy atom. The van der Waals surface area contributed by atoms with Gasteiger partial charge in [-0.3, -0.25) is 15.8 Å². The molecule has 0 bridgehead atoms. The molecule has 0 amide bonds. The van der Waals surface area contributed by atoms with E-state index in [1.165, 1.54) is 42.5 Å². The van der Waals surface area contributed by atoms with Gasteiger partial charge >= 0.3 is 6.18 Å². The predicted molar refractivity (Wildman–Crippen MR) is 82.8 cm³/mol. The first-order valence-electron chi connectivity index (χ1n) is 6.70. The van der Waals surface area contributed by atoms with E-state index in [4.69, 9.17) is 5.73 Å². The van der Waals surface area contributed by atoms with Crippen LogP contribution in [0, 0.1) is 10.1 Å². The Morgan fingerprint density at radius 3 is 2.46 bits per heavy atom. The zero-order valence-corrected chi connectivity index (χ0v) is 12.3. The highest BCUT2D eigenvalue weighted by atomic mass is 19.4. The van der Waals surface area contributed by atoms with E-state index < -0.39 is 16.7 Å². The van der Waals surface area contributed by atoms with Crippen LogP contribution in [-0.2, 0) is 6.18 Å². The van der Waals surface area contributed by atoms with E-state index in [9.17, 15) is 23.3 Å². The van der Waals surface area contributed by atoms with Gasteiger partial charge in [-0.15, -0.1) is 0 Å². The van der Waals surface area contributed by atoms with Gasteiger partial charge in [-0.05, 0) is 12.1 Å². The molecular formula is C16H13F3N3O2+. The summed E-state index contributed by atoms with van der Waals surface area (Å²) in [7, 11) is 0. The third kappa shape index (κ3) is 3.78. The topological polar surface area (TPSA) is 83.1 Å². The third-order valence-corrected chi connectivity index (χ3v) is 3.21. The van der Waals surface area contributed by atoms with Crippen molar-refractivity contribution in [1.82, 2.24) is 0 Å². The molecule has 0 radical (unpaired) electrons. The molecule has 0 saturated heterocycles. The molecule has 124 valence electrons. The second-order valence-corrected chi connectivity index (χ2v) is 4.87. The van der Waals surface area contributed by atoms with Crippen LogP contribution in [0.5, 0.6) is 0 Å². The van der Waals surface area contributed by atoms with E-state index in [1.54, 1.807) is 0 Å². The fraction of sp³-hybridized carbons (Fsp3) is 0.0625. The molecule has 0 atom stereocenters. The summed E-state index contributed by atoms with van der Waals surface area (Å²) in [4.78, 5) is 12.7. The summed E-state index contributed by atoms with van der Waals surface area (Å²) in [6.45, 7) is 3.58. The van der Waals surface area contributed by atoms with Crippen LogP contribution in [0.1, 0.15) is 16.7 Å². The number of alkyl halides is 3. The van der Waals surface area contributed by atoms with E-state index in [0.717, 1.165) is 6.07 Å². The van der Waals surface area contributed by atoms with E-state index in [2.05, 4.69) is 11.6 Å². The zero-order chi connectivity index (χ0) is 17.9. The zero-order valence-electron chi connectivity index (χ0n) is 12.3. The van der Waals surface area contributed by atoms with E-state index in [-0.39, 0.29) is 28.3 Å². The maximum absolute atomic E-state index is 13.0. The lowest BCUT2D eigenvalue weighted by Crippen LogP contribution is -2.72. The normalized spacial score (nSPS) is 12.0. The third-order valence-electron chi connectivity index (χ3n) is 3.21.